The standard InChI is InChI=1S/C14H15N5/c1-9-4-3-5-12-13(9)19(14(15)18-12)8-11-6-7-16-10(2)17-11/h3-7H,8H2,1-2H3,(H2,15,18). The van der Waals surface area contributed by atoms with Crippen molar-refractivity contribution in [3.05, 3.63) is 47.5 Å². The van der Waals surface area contributed by atoms with Gasteiger partial charge in [0.05, 0.1) is 23.3 Å². The topological polar surface area (TPSA) is 69.6 Å². The first-order valence-electron chi connectivity index (χ1n) is 6.15. The van der Waals surface area contributed by atoms with Crippen LogP contribution < -0.4 is 5.73 Å². The lowest BCUT2D eigenvalue weighted by Crippen LogP contribution is -2.07. The van der Waals surface area contributed by atoms with Gasteiger partial charge in [-0.15, -0.1) is 0 Å². The first-order chi connectivity index (χ1) is 9.15. The van der Waals surface area contributed by atoms with Crippen LogP contribution in [0.25, 0.3) is 11.0 Å². The molecule has 0 unspecified atom stereocenters. The minimum atomic E-state index is 0.514. The van der Waals surface area contributed by atoms with E-state index in [-0.39, 0.29) is 0 Å². The lowest BCUT2D eigenvalue weighted by atomic mass is 10.2. The number of hydrogen-bond donors (Lipinski definition) is 1. The highest BCUT2D eigenvalue weighted by Crippen LogP contribution is 2.22. The van der Waals surface area contributed by atoms with Crippen LogP contribution in [0.2, 0.25) is 0 Å². The molecule has 0 saturated heterocycles. The monoisotopic (exact) mass is 253 g/mol. The van der Waals surface area contributed by atoms with Crippen LogP contribution >= 0.6 is 0 Å². The van der Waals surface area contributed by atoms with Crippen LogP contribution in [-0.2, 0) is 6.54 Å². The average Bonchev–Trinajstić information content (AvgIpc) is 2.67. The van der Waals surface area contributed by atoms with Gasteiger partial charge < -0.3 is 10.3 Å². The van der Waals surface area contributed by atoms with Gasteiger partial charge in [0.15, 0.2) is 0 Å². The Morgan fingerprint density at radius 1 is 1.16 bits per heavy atom. The molecule has 3 rings (SSSR count). The van der Waals surface area contributed by atoms with Crippen molar-refractivity contribution in [2.75, 3.05) is 5.73 Å². The van der Waals surface area contributed by atoms with Gasteiger partial charge in [0, 0.05) is 6.20 Å². The highest BCUT2D eigenvalue weighted by atomic mass is 15.2. The molecule has 0 aliphatic rings. The second-order valence-corrected chi connectivity index (χ2v) is 4.59. The quantitative estimate of drug-likeness (QED) is 0.759. The molecular weight excluding hydrogens is 238 g/mol. The maximum Gasteiger partial charge on any atom is 0.201 e. The molecule has 5 nitrogen and oxygen atoms in total. The van der Waals surface area contributed by atoms with E-state index in [1.165, 1.54) is 0 Å². The number of para-hydroxylation sites is 1. The Labute approximate surface area is 111 Å². The summed E-state index contributed by atoms with van der Waals surface area (Å²) in [4.78, 5) is 12.9. The number of aryl methyl sites for hydroxylation is 2. The molecule has 19 heavy (non-hydrogen) atoms. The minimum Gasteiger partial charge on any atom is -0.369 e. The zero-order valence-electron chi connectivity index (χ0n) is 11.0. The fraction of sp³-hybridized carbons (Fsp3) is 0.214. The van der Waals surface area contributed by atoms with Gasteiger partial charge in [-0.1, -0.05) is 12.1 Å². The third kappa shape index (κ3) is 2.03. The summed E-state index contributed by atoms with van der Waals surface area (Å²) in [5.74, 6) is 1.28. The van der Waals surface area contributed by atoms with Crippen LogP contribution in [0.15, 0.2) is 30.5 Å². The van der Waals surface area contributed by atoms with E-state index in [1.807, 2.05) is 29.7 Å². The predicted octanol–water partition coefficient (Wildman–Crippen LogP) is 2.07. The molecule has 1 aromatic carbocycles. The first kappa shape index (κ1) is 11.6. The van der Waals surface area contributed by atoms with Crippen LogP contribution in [0.4, 0.5) is 5.95 Å². The van der Waals surface area contributed by atoms with Gasteiger partial charge in [-0.3, -0.25) is 0 Å². The van der Waals surface area contributed by atoms with Crippen molar-refractivity contribution in [3.8, 4) is 0 Å². The van der Waals surface area contributed by atoms with Crippen molar-refractivity contribution < 1.29 is 0 Å². The molecule has 96 valence electrons. The molecule has 0 saturated carbocycles. The summed E-state index contributed by atoms with van der Waals surface area (Å²) in [6.07, 6.45) is 1.76. The van der Waals surface area contributed by atoms with Crippen molar-refractivity contribution in [1.29, 1.82) is 0 Å². The Morgan fingerprint density at radius 3 is 2.79 bits per heavy atom. The second-order valence-electron chi connectivity index (χ2n) is 4.59. The molecule has 0 atom stereocenters. The normalized spacial score (nSPS) is 11.1. The second kappa shape index (κ2) is 4.35. The van der Waals surface area contributed by atoms with E-state index in [9.17, 15) is 0 Å². The fourth-order valence-corrected chi connectivity index (χ4v) is 2.30. The number of nitrogens with two attached hydrogens (primary N) is 1. The maximum atomic E-state index is 6.02. The molecule has 0 radical (unpaired) electrons. The van der Waals surface area contributed by atoms with Crippen LogP contribution in [0.3, 0.4) is 0 Å². The van der Waals surface area contributed by atoms with Gasteiger partial charge in [-0.05, 0) is 31.5 Å². The van der Waals surface area contributed by atoms with E-state index >= 15 is 0 Å². The molecule has 0 aliphatic heterocycles. The summed E-state index contributed by atoms with van der Waals surface area (Å²) in [6, 6.07) is 7.92. The summed E-state index contributed by atoms with van der Waals surface area (Å²) >= 11 is 0. The fourth-order valence-electron chi connectivity index (χ4n) is 2.30. The molecule has 0 bridgehead atoms. The summed E-state index contributed by atoms with van der Waals surface area (Å²) in [6.45, 7) is 4.55. The number of nitrogen functional groups attached to an aromatic ring is 1. The van der Waals surface area contributed by atoms with Gasteiger partial charge in [-0.25, -0.2) is 15.0 Å². The molecule has 2 N–H and O–H groups in total. The zero-order valence-corrected chi connectivity index (χ0v) is 11.0. The minimum absolute atomic E-state index is 0.514. The van der Waals surface area contributed by atoms with E-state index in [2.05, 4.69) is 27.9 Å². The van der Waals surface area contributed by atoms with Crippen LogP contribution in [0.5, 0.6) is 0 Å². The Morgan fingerprint density at radius 2 is 2.00 bits per heavy atom. The number of aromatic nitrogens is 4. The van der Waals surface area contributed by atoms with E-state index in [1.54, 1.807) is 6.20 Å². The van der Waals surface area contributed by atoms with Crippen molar-refractivity contribution in [1.82, 2.24) is 19.5 Å². The highest BCUT2D eigenvalue weighted by Gasteiger charge is 2.11. The summed E-state index contributed by atoms with van der Waals surface area (Å²) in [7, 11) is 0. The van der Waals surface area contributed by atoms with E-state index in [0.29, 0.717) is 12.5 Å². The Kier molecular flexibility index (Phi) is 2.67. The van der Waals surface area contributed by atoms with Crippen molar-refractivity contribution in [3.63, 3.8) is 0 Å². The van der Waals surface area contributed by atoms with Gasteiger partial charge in [0.1, 0.15) is 5.82 Å². The largest absolute Gasteiger partial charge is 0.369 e. The van der Waals surface area contributed by atoms with Crippen LogP contribution in [-0.4, -0.2) is 19.5 Å². The third-order valence-electron chi connectivity index (χ3n) is 3.15. The van der Waals surface area contributed by atoms with Gasteiger partial charge >= 0.3 is 0 Å². The molecule has 0 fully saturated rings. The van der Waals surface area contributed by atoms with Gasteiger partial charge in [0.25, 0.3) is 0 Å². The smallest absolute Gasteiger partial charge is 0.201 e. The van der Waals surface area contributed by atoms with Gasteiger partial charge in [0.2, 0.25) is 5.95 Å². The molecule has 0 spiro atoms. The van der Waals surface area contributed by atoms with Crippen molar-refractivity contribution >= 4 is 17.0 Å². The first-order valence-corrected chi connectivity index (χ1v) is 6.15. The Hall–Kier alpha value is -2.43. The number of fused-ring (bicyclic) bond motifs is 1. The van der Waals surface area contributed by atoms with E-state index in [4.69, 9.17) is 5.73 Å². The van der Waals surface area contributed by atoms with Gasteiger partial charge in [-0.2, -0.15) is 0 Å². The van der Waals surface area contributed by atoms with Crippen molar-refractivity contribution in [2.24, 2.45) is 0 Å². The lowest BCUT2D eigenvalue weighted by Gasteiger charge is -2.07. The lowest BCUT2D eigenvalue weighted by molar-refractivity contribution is 0.793. The van der Waals surface area contributed by atoms with Crippen LogP contribution in [0.1, 0.15) is 17.1 Å². The number of hydrogen-bond acceptors (Lipinski definition) is 4. The number of anilines is 1. The SMILES string of the molecule is Cc1nccc(Cn2c(N)nc3cccc(C)c32)n1. The molecular formula is C14H15N5. The number of rotatable bonds is 2. The van der Waals surface area contributed by atoms with Crippen molar-refractivity contribution in [2.45, 2.75) is 20.4 Å². The van der Waals surface area contributed by atoms with Crippen LogP contribution in [0, 0.1) is 13.8 Å². The number of imidazole rings is 1. The predicted molar refractivity (Wildman–Crippen MR) is 74.8 cm³/mol. The number of nitrogens with zero attached hydrogens (tertiary/aromatic N) is 4. The van der Waals surface area contributed by atoms with E-state index < -0.39 is 0 Å². The molecule has 2 heterocycles. The molecule has 5 heteroatoms. The molecule has 0 amide bonds. The average molecular weight is 253 g/mol. The summed E-state index contributed by atoms with van der Waals surface area (Å²) in [5, 5.41) is 0. The maximum absolute atomic E-state index is 6.02. The molecule has 2 aromatic heterocycles. The Bertz CT molecular complexity index is 745. The highest BCUT2D eigenvalue weighted by molar-refractivity contribution is 5.81. The number of benzene rings is 1. The summed E-state index contributed by atoms with van der Waals surface area (Å²) < 4.78 is 1.99. The zero-order chi connectivity index (χ0) is 13.4. The molecule has 3 aromatic rings. The Balaban J connectivity index is 2.12. The van der Waals surface area contributed by atoms with E-state index in [0.717, 1.165) is 28.1 Å². The summed E-state index contributed by atoms with van der Waals surface area (Å²) in [5.41, 5.74) is 10.1. The third-order valence-corrected chi connectivity index (χ3v) is 3.15. The molecule has 0 aliphatic carbocycles.